The number of benzene rings is 1. The van der Waals surface area contributed by atoms with Crippen molar-refractivity contribution in [3.63, 3.8) is 0 Å². The van der Waals surface area contributed by atoms with Crippen LogP contribution in [0.3, 0.4) is 0 Å². The summed E-state index contributed by atoms with van der Waals surface area (Å²) in [5.41, 5.74) is 1.07. The topological polar surface area (TPSA) is 113 Å². The van der Waals surface area contributed by atoms with E-state index in [0.717, 1.165) is 0 Å². The van der Waals surface area contributed by atoms with Crippen molar-refractivity contribution in [2.24, 2.45) is 0 Å². The molecule has 0 radical (unpaired) electrons. The Morgan fingerprint density at radius 2 is 2.00 bits per heavy atom. The number of carbonyl (C=O) groups is 2. The molecular formula is C18H18N2O5. The first-order valence-electron chi connectivity index (χ1n) is 8.04. The van der Waals surface area contributed by atoms with Gasteiger partial charge in [-0.1, -0.05) is 0 Å². The summed E-state index contributed by atoms with van der Waals surface area (Å²) in [6.45, 7) is 6.31. The molecule has 2 aromatic rings. The summed E-state index contributed by atoms with van der Waals surface area (Å²) in [5.74, 6) is -1.02. The number of phenolic OH excluding ortho intramolecular Hbond substituents is 2. The number of nitrogens with one attached hydrogen (secondary N) is 1. The highest BCUT2D eigenvalue weighted by Crippen LogP contribution is 2.56. The third kappa shape index (κ3) is 1.67. The van der Waals surface area contributed by atoms with Gasteiger partial charge in [0.05, 0.1) is 16.8 Å². The van der Waals surface area contributed by atoms with Gasteiger partial charge in [0.1, 0.15) is 34.3 Å². The second kappa shape index (κ2) is 4.62. The maximum Gasteiger partial charge on any atom is 0.180 e. The van der Waals surface area contributed by atoms with Crippen LogP contribution in [-0.2, 0) is 11.8 Å². The minimum atomic E-state index is -1.15. The number of nitrogens with zero attached hydrogens (tertiary/aromatic N) is 1. The van der Waals surface area contributed by atoms with Gasteiger partial charge in [0, 0.05) is 17.7 Å². The van der Waals surface area contributed by atoms with Crippen molar-refractivity contribution < 1.29 is 24.5 Å². The van der Waals surface area contributed by atoms with E-state index in [4.69, 9.17) is 4.74 Å². The fraction of sp³-hybridized carbons (Fsp3) is 0.389. The first-order chi connectivity index (χ1) is 11.7. The van der Waals surface area contributed by atoms with Crippen LogP contribution in [0.1, 0.15) is 57.1 Å². The number of fused-ring (bicyclic) bond motifs is 4. The maximum absolute atomic E-state index is 13.3. The molecule has 0 fully saturated rings. The molecule has 3 N–H and O–H groups in total. The number of ketones is 2. The molecule has 2 aliphatic rings. The van der Waals surface area contributed by atoms with Gasteiger partial charge in [-0.25, -0.2) is 0 Å². The van der Waals surface area contributed by atoms with Crippen molar-refractivity contribution in [2.45, 2.75) is 45.6 Å². The molecule has 0 bridgehead atoms. The Hall–Kier alpha value is -2.83. The maximum atomic E-state index is 13.3. The standard InChI is InChI=1S/C18H18N2O5/c1-6-14(22)12(8(3)21)16-13(15(6)23)18(4)10(25-16)5-9-11(17(18)24)7(2)19-20-9/h10,22-23H,5H2,1-4H3,(H,19,20)/t10-,18+/m1/s1. The van der Waals surface area contributed by atoms with Gasteiger partial charge in [-0.3, -0.25) is 14.7 Å². The SMILES string of the molecule is CC(=O)c1c(O)c(C)c(O)c2c1O[C@@H]1Cc3n[nH]c(C)c3C(=O)[C@]21C. The summed E-state index contributed by atoms with van der Waals surface area (Å²) in [5, 5.41) is 28.0. The van der Waals surface area contributed by atoms with Crippen LogP contribution in [0.4, 0.5) is 0 Å². The molecule has 0 amide bonds. The monoisotopic (exact) mass is 342 g/mol. The minimum Gasteiger partial charge on any atom is -0.507 e. The lowest BCUT2D eigenvalue weighted by molar-refractivity contribution is 0.0733. The fourth-order valence-electron chi connectivity index (χ4n) is 4.04. The summed E-state index contributed by atoms with van der Waals surface area (Å²) in [7, 11) is 0. The van der Waals surface area contributed by atoms with Crippen molar-refractivity contribution in [1.82, 2.24) is 10.2 Å². The van der Waals surface area contributed by atoms with Crippen molar-refractivity contribution in [3.8, 4) is 17.2 Å². The van der Waals surface area contributed by atoms with Crippen molar-refractivity contribution in [1.29, 1.82) is 0 Å². The Balaban J connectivity index is 2.05. The summed E-state index contributed by atoms with van der Waals surface area (Å²) < 4.78 is 5.94. The van der Waals surface area contributed by atoms with Gasteiger partial charge in [0.2, 0.25) is 0 Å². The molecule has 2 atom stereocenters. The Morgan fingerprint density at radius 3 is 2.64 bits per heavy atom. The number of phenols is 2. The number of carbonyl (C=O) groups excluding carboxylic acids is 2. The van der Waals surface area contributed by atoms with Gasteiger partial charge < -0.3 is 14.9 Å². The molecule has 25 heavy (non-hydrogen) atoms. The van der Waals surface area contributed by atoms with Crippen LogP contribution in [0.15, 0.2) is 0 Å². The smallest absolute Gasteiger partial charge is 0.180 e. The Kier molecular flexibility index (Phi) is 2.90. The zero-order chi connectivity index (χ0) is 18.3. The predicted molar refractivity (Wildman–Crippen MR) is 87.6 cm³/mol. The second-order valence-electron chi connectivity index (χ2n) is 6.97. The molecule has 7 nitrogen and oxygen atoms in total. The molecule has 0 saturated heterocycles. The van der Waals surface area contributed by atoms with Gasteiger partial charge >= 0.3 is 0 Å². The molecule has 130 valence electrons. The molecule has 0 unspecified atom stereocenters. The molecule has 2 heterocycles. The molecule has 1 aliphatic carbocycles. The van der Waals surface area contributed by atoms with Gasteiger partial charge in [0.25, 0.3) is 0 Å². The predicted octanol–water partition coefficient (Wildman–Crippen LogP) is 2.10. The van der Waals surface area contributed by atoms with Crippen LogP contribution in [0, 0.1) is 13.8 Å². The summed E-state index contributed by atoms with van der Waals surface area (Å²) in [6.07, 6.45) is -0.233. The van der Waals surface area contributed by atoms with Gasteiger partial charge in [-0.05, 0) is 27.7 Å². The zero-order valence-corrected chi connectivity index (χ0v) is 14.4. The highest BCUT2D eigenvalue weighted by Gasteiger charge is 2.58. The third-order valence-corrected chi connectivity index (χ3v) is 5.51. The van der Waals surface area contributed by atoms with Crippen LogP contribution < -0.4 is 4.74 Å². The van der Waals surface area contributed by atoms with E-state index >= 15 is 0 Å². The third-order valence-electron chi connectivity index (χ3n) is 5.51. The number of ether oxygens (including phenoxy) is 1. The molecule has 1 aromatic heterocycles. The largest absolute Gasteiger partial charge is 0.507 e. The van der Waals surface area contributed by atoms with Gasteiger partial charge in [-0.15, -0.1) is 0 Å². The van der Waals surface area contributed by atoms with Crippen molar-refractivity contribution >= 4 is 11.6 Å². The first kappa shape index (κ1) is 15.7. The van der Waals surface area contributed by atoms with Crippen LogP contribution in [0.5, 0.6) is 17.2 Å². The lowest BCUT2D eigenvalue weighted by atomic mass is 9.67. The van der Waals surface area contributed by atoms with Crippen LogP contribution in [-0.4, -0.2) is 38.1 Å². The highest BCUT2D eigenvalue weighted by molar-refractivity contribution is 6.10. The molecule has 0 saturated carbocycles. The Morgan fingerprint density at radius 1 is 1.32 bits per heavy atom. The Labute approximate surface area is 143 Å². The number of H-pyrrole nitrogens is 1. The number of hydrogen-bond acceptors (Lipinski definition) is 6. The highest BCUT2D eigenvalue weighted by atomic mass is 16.5. The van der Waals surface area contributed by atoms with E-state index in [1.54, 1.807) is 13.8 Å². The molecule has 1 aliphatic heterocycles. The lowest BCUT2D eigenvalue weighted by Crippen LogP contribution is -2.47. The van der Waals surface area contributed by atoms with Crippen LogP contribution in [0.2, 0.25) is 0 Å². The van der Waals surface area contributed by atoms with E-state index in [1.807, 2.05) is 0 Å². The number of rotatable bonds is 1. The van der Waals surface area contributed by atoms with Crippen molar-refractivity contribution in [3.05, 3.63) is 33.6 Å². The summed E-state index contributed by atoms with van der Waals surface area (Å²) in [6, 6.07) is 0. The van der Waals surface area contributed by atoms with E-state index in [2.05, 4.69) is 10.2 Å². The molecule has 0 spiro atoms. The van der Waals surface area contributed by atoms with Crippen molar-refractivity contribution in [2.75, 3.05) is 0 Å². The van der Waals surface area contributed by atoms with E-state index < -0.39 is 11.5 Å². The number of aryl methyl sites for hydroxylation is 1. The number of aromatic hydroxyl groups is 2. The lowest BCUT2D eigenvalue weighted by Gasteiger charge is -2.33. The molecule has 1 aromatic carbocycles. The van der Waals surface area contributed by atoms with E-state index in [9.17, 15) is 19.8 Å². The number of aromatic nitrogens is 2. The first-order valence-corrected chi connectivity index (χ1v) is 8.04. The van der Waals surface area contributed by atoms with E-state index in [-0.39, 0.29) is 45.5 Å². The van der Waals surface area contributed by atoms with Crippen LogP contribution >= 0.6 is 0 Å². The summed E-state index contributed by atoms with van der Waals surface area (Å²) >= 11 is 0. The average molecular weight is 342 g/mol. The molecular weight excluding hydrogens is 324 g/mol. The quantitative estimate of drug-likeness (QED) is 0.684. The van der Waals surface area contributed by atoms with E-state index in [0.29, 0.717) is 23.4 Å². The van der Waals surface area contributed by atoms with E-state index in [1.165, 1.54) is 13.8 Å². The summed E-state index contributed by atoms with van der Waals surface area (Å²) in [4.78, 5) is 25.4. The number of Topliss-reactive ketones (excluding diaryl/α,β-unsaturated/α-hetero) is 2. The Bertz CT molecular complexity index is 975. The fourth-order valence-corrected chi connectivity index (χ4v) is 4.04. The second-order valence-corrected chi connectivity index (χ2v) is 6.97. The van der Waals surface area contributed by atoms with Crippen LogP contribution in [0.25, 0.3) is 0 Å². The zero-order valence-electron chi connectivity index (χ0n) is 14.4. The molecule has 7 heteroatoms. The van der Waals surface area contributed by atoms with Gasteiger partial charge in [0.15, 0.2) is 11.6 Å². The molecule has 4 rings (SSSR count). The number of aromatic amines is 1. The average Bonchev–Trinajstić information content (AvgIpc) is 3.04. The number of hydrogen-bond donors (Lipinski definition) is 3. The normalized spacial score (nSPS) is 23.7. The van der Waals surface area contributed by atoms with Gasteiger partial charge in [-0.2, -0.15) is 5.10 Å². The minimum absolute atomic E-state index is 0.00431.